The minimum absolute atomic E-state index is 0.226. The Labute approximate surface area is 183 Å². The number of hydrogen-bond acceptors (Lipinski definition) is 3. The summed E-state index contributed by atoms with van der Waals surface area (Å²) >= 11 is 0. The molecule has 4 rings (SSSR count). The molecule has 3 amide bonds. The largest absolute Gasteiger partial charge is 0.353 e. The molecule has 0 radical (unpaired) electrons. The number of allylic oxidation sites excluding steroid dienone is 2. The summed E-state index contributed by atoms with van der Waals surface area (Å²) in [4.78, 5) is 39.9. The first-order valence-corrected chi connectivity index (χ1v) is 10.8. The third kappa shape index (κ3) is 3.80. The van der Waals surface area contributed by atoms with Crippen LogP contribution in [0.15, 0.2) is 72.8 Å². The highest BCUT2D eigenvalue weighted by molar-refractivity contribution is 6.08. The number of amides is 3. The van der Waals surface area contributed by atoms with E-state index in [0.29, 0.717) is 19.4 Å². The average molecular weight is 417 g/mol. The molecule has 1 fully saturated rings. The fourth-order valence-corrected chi connectivity index (χ4v) is 4.72. The summed E-state index contributed by atoms with van der Waals surface area (Å²) in [6.45, 7) is 4.09. The van der Waals surface area contributed by atoms with Crippen molar-refractivity contribution >= 4 is 17.7 Å². The molecule has 1 aliphatic heterocycles. The lowest BCUT2D eigenvalue weighted by Crippen LogP contribution is -2.50. The van der Waals surface area contributed by atoms with Crippen LogP contribution in [0.5, 0.6) is 0 Å². The summed E-state index contributed by atoms with van der Waals surface area (Å²) in [5.74, 6) is -1.42. The minimum atomic E-state index is -0.832. The van der Waals surface area contributed by atoms with Gasteiger partial charge in [-0.1, -0.05) is 72.8 Å². The standard InChI is InChI=1S/C26H28N2O3/c1-18(28-24(30)21-15-9-10-16-22(21)25(28)31)23(29)27-17-26(2,19-11-5-3-6-12-19)20-13-7-4-8-14-20/h3-14,18,21-22H,15-17H2,1-2H3,(H,27,29). The van der Waals surface area contributed by atoms with Crippen molar-refractivity contribution in [1.82, 2.24) is 10.2 Å². The zero-order valence-corrected chi connectivity index (χ0v) is 18.0. The van der Waals surface area contributed by atoms with Crippen LogP contribution in [0.3, 0.4) is 0 Å². The van der Waals surface area contributed by atoms with Gasteiger partial charge in [0.25, 0.3) is 0 Å². The first kappa shape index (κ1) is 21.0. The molecule has 0 bridgehead atoms. The van der Waals surface area contributed by atoms with Crippen LogP contribution in [-0.2, 0) is 19.8 Å². The van der Waals surface area contributed by atoms with Gasteiger partial charge in [0.05, 0.1) is 11.8 Å². The van der Waals surface area contributed by atoms with Gasteiger partial charge in [-0.05, 0) is 37.8 Å². The molecule has 0 saturated carbocycles. The molecule has 2 aromatic carbocycles. The number of benzene rings is 2. The lowest BCUT2D eigenvalue weighted by molar-refractivity contribution is -0.147. The smallest absolute Gasteiger partial charge is 0.243 e. The van der Waals surface area contributed by atoms with Crippen molar-refractivity contribution in [3.05, 3.63) is 83.9 Å². The SMILES string of the molecule is CC(C(=O)NCC(C)(c1ccccc1)c1ccccc1)N1C(=O)C2CC=CCC2C1=O. The number of nitrogens with one attached hydrogen (secondary N) is 1. The second-order valence-corrected chi connectivity index (χ2v) is 8.66. The molecule has 160 valence electrons. The molecule has 5 nitrogen and oxygen atoms in total. The van der Waals surface area contributed by atoms with Crippen molar-refractivity contribution in [2.45, 2.75) is 38.1 Å². The molecule has 1 heterocycles. The van der Waals surface area contributed by atoms with E-state index < -0.39 is 11.5 Å². The molecule has 1 aliphatic carbocycles. The molecule has 1 saturated heterocycles. The fraction of sp³-hybridized carbons (Fsp3) is 0.346. The lowest BCUT2D eigenvalue weighted by atomic mass is 9.76. The fourth-order valence-electron chi connectivity index (χ4n) is 4.72. The van der Waals surface area contributed by atoms with Crippen LogP contribution in [0.2, 0.25) is 0 Å². The lowest BCUT2D eigenvalue weighted by Gasteiger charge is -2.32. The number of carbonyl (C=O) groups excluding carboxylic acids is 3. The maximum absolute atomic E-state index is 13.1. The van der Waals surface area contributed by atoms with E-state index in [1.54, 1.807) is 6.92 Å². The summed E-state index contributed by atoms with van der Waals surface area (Å²) in [6, 6.07) is 19.2. The van der Waals surface area contributed by atoms with E-state index >= 15 is 0 Å². The second kappa shape index (κ2) is 8.50. The second-order valence-electron chi connectivity index (χ2n) is 8.66. The highest BCUT2D eigenvalue weighted by atomic mass is 16.2. The van der Waals surface area contributed by atoms with Crippen molar-refractivity contribution in [2.24, 2.45) is 11.8 Å². The van der Waals surface area contributed by atoms with Gasteiger partial charge in [0.2, 0.25) is 17.7 Å². The number of likely N-dealkylation sites (tertiary alicyclic amines) is 1. The van der Waals surface area contributed by atoms with Gasteiger partial charge in [0, 0.05) is 12.0 Å². The molecule has 0 spiro atoms. The number of fused-ring (bicyclic) bond motifs is 1. The van der Waals surface area contributed by atoms with Crippen LogP contribution < -0.4 is 5.32 Å². The number of imide groups is 1. The topological polar surface area (TPSA) is 66.5 Å². The predicted molar refractivity (Wildman–Crippen MR) is 119 cm³/mol. The molecule has 2 aliphatic rings. The average Bonchev–Trinajstić information content (AvgIpc) is 3.08. The van der Waals surface area contributed by atoms with Crippen LogP contribution in [0.4, 0.5) is 0 Å². The first-order valence-electron chi connectivity index (χ1n) is 10.8. The molecular weight excluding hydrogens is 388 g/mol. The van der Waals surface area contributed by atoms with Gasteiger partial charge < -0.3 is 5.32 Å². The normalized spacial score (nSPS) is 21.7. The van der Waals surface area contributed by atoms with Gasteiger partial charge in [-0.2, -0.15) is 0 Å². The molecule has 2 aromatic rings. The van der Waals surface area contributed by atoms with E-state index in [0.717, 1.165) is 11.1 Å². The van der Waals surface area contributed by atoms with E-state index in [1.807, 2.05) is 72.8 Å². The van der Waals surface area contributed by atoms with Crippen molar-refractivity contribution in [1.29, 1.82) is 0 Å². The predicted octanol–water partition coefficient (Wildman–Crippen LogP) is 3.45. The Morgan fingerprint density at radius 1 is 0.935 bits per heavy atom. The summed E-state index contributed by atoms with van der Waals surface area (Å²) < 4.78 is 0. The number of rotatable bonds is 6. The molecule has 1 N–H and O–H groups in total. The highest BCUT2D eigenvalue weighted by Crippen LogP contribution is 2.36. The minimum Gasteiger partial charge on any atom is -0.353 e. The maximum Gasteiger partial charge on any atom is 0.243 e. The number of hydrogen-bond donors (Lipinski definition) is 1. The highest BCUT2D eigenvalue weighted by Gasteiger charge is 2.50. The summed E-state index contributed by atoms with van der Waals surface area (Å²) in [5.41, 5.74) is 1.72. The van der Waals surface area contributed by atoms with Crippen molar-refractivity contribution in [3.63, 3.8) is 0 Å². The Kier molecular flexibility index (Phi) is 5.77. The maximum atomic E-state index is 13.1. The Hall–Kier alpha value is -3.21. The Bertz CT molecular complexity index is 934. The zero-order valence-electron chi connectivity index (χ0n) is 18.0. The Morgan fingerprint density at radius 3 is 1.84 bits per heavy atom. The van der Waals surface area contributed by atoms with Gasteiger partial charge in [0.1, 0.15) is 6.04 Å². The van der Waals surface area contributed by atoms with Crippen LogP contribution in [0, 0.1) is 11.8 Å². The van der Waals surface area contributed by atoms with E-state index in [9.17, 15) is 14.4 Å². The molecule has 5 heteroatoms. The van der Waals surface area contributed by atoms with Gasteiger partial charge >= 0.3 is 0 Å². The molecule has 3 atom stereocenters. The summed E-state index contributed by atoms with van der Waals surface area (Å²) in [5, 5.41) is 3.02. The Balaban J connectivity index is 1.52. The van der Waals surface area contributed by atoms with Crippen LogP contribution in [-0.4, -0.2) is 35.2 Å². The van der Waals surface area contributed by atoms with Crippen LogP contribution >= 0.6 is 0 Å². The van der Waals surface area contributed by atoms with Gasteiger partial charge in [0.15, 0.2) is 0 Å². The quantitative estimate of drug-likeness (QED) is 0.579. The summed E-state index contributed by atoms with van der Waals surface area (Å²) in [7, 11) is 0. The van der Waals surface area contributed by atoms with Crippen molar-refractivity contribution in [3.8, 4) is 0 Å². The van der Waals surface area contributed by atoms with Crippen LogP contribution in [0.1, 0.15) is 37.8 Å². The van der Waals surface area contributed by atoms with Gasteiger partial charge in [-0.15, -0.1) is 0 Å². The molecule has 31 heavy (non-hydrogen) atoms. The van der Waals surface area contributed by atoms with Crippen molar-refractivity contribution < 1.29 is 14.4 Å². The summed E-state index contributed by atoms with van der Waals surface area (Å²) in [6.07, 6.45) is 5.04. The van der Waals surface area contributed by atoms with E-state index in [1.165, 1.54) is 4.90 Å². The van der Waals surface area contributed by atoms with Crippen molar-refractivity contribution in [2.75, 3.05) is 6.54 Å². The monoisotopic (exact) mass is 416 g/mol. The first-order chi connectivity index (χ1) is 14.9. The van der Waals surface area contributed by atoms with Gasteiger partial charge in [-0.25, -0.2) is 0 Å². The third-order valence-electron chi connectivity index (χ3n) is 6.75. The van der Waals surface area contributed by atoms with E-state index in [4.69, 9.17) is 0 Å². The van der Waals surface area contributed by atoms with Gasteiger partial charge in [-0.3, -0.25) is 19.3 Å². The van der Waals surface area contributed by atoms with Crippen LogP contribution in [0.25, 0.3) is 0 Å². The number of nitrogens with zero attached hydrogens (tertiary/aromatic N) is 1. The number of carbonyl (C=O) groups is 3. The van der Waals surface area contributed by atoms with E-state index in [-0.39, 0.29) is 29.6 Å². The third-order valence-corrected chi connectivity index (χ3v) is 6.75. The molecule has 0 aromatic heterocycles. The zero-order chi connectivity index (χ0) is 22.0. The molecule has 3 unspecified atom stereocenters. The Morgan fingerprint density at radius 2 is 1.39 bits per heavy atom. The van der Waals surface area contributed by atoms with E-state index in [2.05, 4.69) is 12.2 Å². The molecular formula is C26H28N2O3.